The van der Waals surface area contributed by atoms with Crippen LogP contribution in [0.4, 0.5) is 4.39 Å². The van der Waals surface area contributed by atoms with Gasteiger partial charge < -0.3 is 5.11 Å². The SMILES string of the molecule is O=C(O)c1c(F)cnc(Br)c1Br. The molecule has 0 atom stereocenters. The summed E-state index contributed by atoms with van der Waals surface area (Å²) in [4.78, 5) is 14.0. The van der Waals surface area contributed by atoms with Gasteiger partial charge in [0.15, 0.2) is 5.82 Å². The number of nitrogens with zero attached hydrogens (tertiary/aromatic N) is 1. The second kappa shape index (κ2) is 3.49. The zero-order valence-electron chi connectivity index (χ0n) is 5.51. The first-order valence-electron chi connectivity index (χ1n) is 2.77. The van der Waals surface area contributed by atoms with E-state index in [4.69, 9.17) is 5.11 Å². The zero-order chi connectivity index (χ0) is 9.30. The highest BCUT2D eigenvalue weighted by Gasteiger charge is 2.17. The van der Waals surface area contributed by atoms with Crippen LogP contribution in [0.1, 0.15) is 10.4 Å². The van der Waals surface area contributed by atoms with Gasteiger partial charge in [0.25, 0.3) is 0 Å². The Hall–Kier alpha value is -0.490. The van der Waals surface area contributed by atoms with Crippen LogP contribution in [0.2, 0.25) is 0 Å². The first-order valence-corrected chi connectivity index (χ1v) is 4.35. The molecule has 1 aromatic heterocycles. The Morgan fingerprint density at radius 1 is 1.58 bits per heavy atom. The molecular weight excluding hydrogens is 297 g/mol. The van der Waals surface area contributed by atoms with Crippen molar-refractivity contribution in [2.24, 2.45) is 0 Å². The van der Waals surface area contributed by atoms with Gasteiger partial charge in [-0.05, 0) is 31.9 Å². The zero-order valence-corrected chi connectivity index (χ0v) is 8.69. The molecule has 0 bridgehead atoms. The molecular formula is C6H2Br2FNO2. The minimum atomic E-state index is -1.33. The molecule has 0 unspecified atom stereocenters. The molecule has 0 aliphatic rings. The van der Waals surface area contributed by atoms with Crippen molar-refractivity contribution in [3.05, 3.63) is 26.7 Å². The average molecular weight is 299 g/mol. The summed E-state index contributed by atoms with van der Waals surface area (Å²) < 4.78 is 13.2. The average Bonchev–Trinajstić information content (AvgIpc) is 1.97. The summed E-state index contributed by atoms with van der Waals surface area (Å²) in [5.74, 6) is -2.19. The Bertz CT molecular complexity index is 343. The third-order valence-electron chi connectivity index (χ3n) is 1.14. The molecule has 1 aromatic rings. The molecule has 0 aromatic carbocycles. The second-order valence-corrected chi connectivity index (χ2v) is 3.44. The van der Waals surface area contributed by atoms with Gasteiger partial charge in [0, 0.05) is 0 Å². The smallest absolute Gasteiger partial charge is 0.340 e. The highest BCUT2D eigenvalue weighted by Crippen LogP contribution is 2.26. The Morgan fingerprint density at radius 3 is 2.58 bits per heavy atom. The molecule has 0 radical (unpaired) electrons. The Kier molecular flexibility index (Phi) is 2.79. The predicted octanol–water partition coefficient (Wildman–Crippen LogP) is 2.44. The minimum absolute atomic E-state index is 0.106. The van der Waals surface area contributed by atoms with Crippen LogP contribution in [-0.4, -0.2) is 16.1 Å². The fraction of sp³-hybridized carbons (Fsp3) is 0. The summed E-state index contributed by atoms with van der Waals surface area (Å²) in [5.41, 5.74) is -0.420. The molecule has 0 aliphatic carbocycles. The first-order chi connectivity index (χ1) is 5.54. The van der Waals surface area contributed by atoms with Crippen molar-refractivity contribution < 1.29 is 14.3 Å². The Labute approximate surface area is 83.9 Å². The van der Waals surface area contributed by atoms with Crippen LogP contribution in [-0.2, 0) is 0 Å². The van der Waals surface area contributed by atoms with Crippen LogP contribution < -0.4 is 0 Å². The number of carbonyl (C=O) groups is 1. The van der Waals surface area contributed by atoms with Crippen LogP contribution in [0.15, 0.2) is 15.3 Å². The summed E-state index contributed by atoms with van der Waals surface area (Å²) in [7, 11) is 0. The van der Waals surface area contributed by atoms with Crippen molar-refractivity contribution in [3.63, 3.8) is 0 Å². The van der Waals surface area contributed by atoms with Crippen LogP contribution in [0.3, 0.4) is 0 Å². The number of aromatic nitrogens is 1. The summed E-state index contributed by atoms with van der Waals surface area (Å²) in [5, 5.41) is 8.55. The Balaban J connectivity index is 3.43. The highest BCUT2D eigenvalue weighted by molar-refractivity contribution is 9.13. The molecule has 1 rings (SSSR count). The monoisotopic (exact) mass is 297 g/mol. The maximum absolute atomic E-state index is 12.8. The van der Waals surface area contributed by atoms with E-state index in [2.05, 4.69) is 36.8 Å². The number of hydrogen-bond acceptors (Lipinski definition) is 2. The molecule has 0 spiro atoms. The van der Waals surface area contributed by atoms with E-state index in [0.717, 1.165) is 6.20 Å². The lowest BCUT2D eigenvalue weighted by Crippen LogP contribution is -2.03. The maximum atomic E-state index is 12.8. The van der Waals surface area contributed by atoms with Gasteiger partial charge in [-0.15, -0.1) is 0 Å². The predicted molar refractivity (Wildman–Crippen MR) is 46.6 cm³/mol. The van der Waals surface area contributed by atoms with Gasteiger partial charge in [0.05, 0.1) is 10.7 Å². The Morgan fingerprint density at radius 2 is 2.17 bits per heavy atom. The molecule has 0 amide bonds. The van der Waals surface area contributed by atoms with Gasteiger partial charge in [0.1, 0.15) is 10.2 Å². The lowest BCUT2D eigenvalue weighted by Gasteiger charge is -2.00. The topological polar surface area (TPSA) is 50.2 Å². The van der Waals surface area contributed by atoms with Gasteiger partial charge in [-0.1, -0.05) is 0 Å². The van der Waals surface area contributed by atoms with E-state index in [0.29, 0.717) is 0 Å². The second-order valence-electron chi connectivity index (χ2n) is 1.89. The molecule has 1 heterocycles. The summed E-state index contributed by atoms with van der Waals surface area (Å²) in [6.45, 7) is 0. The van der Waals surface area contributed by atoms with Gasteiger partial charge in [-0.25, -0.2) is 14.2 Å². The van der Waals surface area contributed by atoms with E-state index in [1.807, 2.05) is 0 Å². The van der Waals surface area contributed by atoms with Gasteiger partial charge in [0.2, 0.25) is 0 Å². The van der Waals surface area contributed by atoms with Crippen molar-refractivity contribution in [1.82, 2.24) is 4.98 Å². The van der Waals surface area contributed by atoms with Crippen molar-refractivity contribution in [2.45, 2.75) is 0 Å². The number of hydrogen-bond donors (Lipinski definition) is 1. The molecule has 3 nitrogen and oxygen atoms in total. The van der Waals surface area contributed by atoms with E-state index >= 15 is 0 Å². The summed E-state index contributed by atoms with van der Waals surface area (Å²) in [6.07, 6.45) is 0.846. The molecule has 0 saturated heterocycles. The molecule has 0 fully saturated rings. The quantitative estimate of drug-likeness (QED) is 0.810. The molecule has 12 heavy (non-hydrogen) atoms. The first kappa shape index (κ1) is 9.60. The lowest BCUT2D eigenvalue weighted by atomic mass is 10.3. The standard InChI is InChI=1S/C6H2Br2FNO2/c7-4-3(6(11)12)2(9)1-10-5(4)8/h1H,(H,11,12). The van der Waals surface area contributed by atoms with E-state index in [1.54, 1.807) is 0 Å². The summed E-state index contributed by atoms with van der Waals surface area (Å²) >= 11 is 5.86. The van der Waals surface area contributed by atoms with Crippen molar-refractivity contribution in [1.29, 1.82) is 0 Å². The number of pyridine rings is 1. The van der Waals surface area contributed by atoms with Crippen molar-refractivity contribution in [3.8, 4) is 0 Å². The largest absolute Gasteiger partial charge is 0.478 e. The number of carboxylic acid groups (broad SMARTS) is 1. The number of carboxylic acids is 1. The normalized spacial score (nSPS) is 9.92. The van der Waals surface area contributed by atoms with Gasteiger partial charge in [-0.3, -0.25) is 0 Å². The van der Waals surface area contributed by atoms with E-state index in [-0.39, 0.29) is 9.08 Å². The number of aromatic carboxylic acids is 1. The highest BCUT2D eigenvalue weighted by atomic mass is 79.9. The number of rotatable bonds is 1. The summed E-state index contributed by atoms with van der Waals surface area (Å²) in [6, 6.07) is 0. The third kappa shape index (κ3) is 1.64. The van der Waals surface area contributed by atoms with Gasteiger partial charge >= 0.3 is 5.97 Å². The van der Waals surface area contributed by atoms with E-state index in [1.165, 1.54) is 0 Å². The van der Waals surface area contributed by atoms with Gasteiger partial charge in [-0.2, -0.15) is 0 Å². The van der Waals surface area contributed by atoms with Crippen molar-refractivity contribution in [2.75, 3.05) is 0 Å². The molecule has 0 saturated carbocycles. The maximum Gasteiger partial charge on any atom is 0.340 e. The fourth-order valence-corrected chi connectivity index (χ4v) is 1.40. The molecule has 1 N–H and O–H groups in total. The van der Waals surface area contributed by atoms with Crippen LogP contribution in [0, 0.1) is 5.82 Å². The van der Waals surface area contributed by atoms with E-state index < -0.39 is 17.3 Å². The van der Waals surface area contributed by atoms with Crippen LogP contribution in [0.5, 0.6) is 0 Å². The minimum Gasteiger partial charge on any atom is -0.478 e. The van der Waals surface area contributed by atoms with E-state index in [9.17, 15) is 9.18 Å². The third-order valence-corrected chi connectivity index (χ3v) is 3.05. The van der Waals surface area contributed by atoms with Crippen LogP contribution in [0.25, 0.3) is 0 Å². The van der Waals surface area contributed by atoms with Crippen molar-refractivity contribution >= 4 is 37.8 Å². The molecule has 6 heteroatoms. The lowest BCUT2D eigenvalue weighted by molar-refractivity contribution is 0.0690. The van der Waals surface area contributed by atoms with Crippen LogP contribution >= 0.6 is 31.9 Å². The molecule has 0 aliphatic heterocycles. The molecule has 64 valence electrons. The number of halogens is 3. The fourth-order valence-electron chi connectivity index (χ4n) is 0.639.